The fraction of sp³-hybridized carbons (Fsp3) is 0.462. The maximum atomic E-state index is 11.8. The van der Waals surface area contributed by atoms with Gasteiger partial charge in [0.15, 0.2) is 5.78 Å². The monoisotopic (exact) mass is 237 g/mol. The first kappa shape index (κ1) is 13.5. The van der Waals surface area contributed by atoms with Gasteiger partial charge in [0.1, 0.15) is 11.5 Å². The lowest BCUT2D eigenvalue weighted by Gasteiger charge is -2.17. The molecule has 0 bridgehead atoms. The minimum absolute atomic E-state index is 0.0391. The van der Waals surface area contributed by atoms with Crippen molar-refractivity contribution < 1.29 is 15.0 Å². The Kier molecular flexibility index (Phi) is 4.97. The third kappa shape index (κ3) is 3.75. The van der Waals surface area contributed by atoms with Crippen molar-refractivity contribution in [2.24, 2.45) is 0 Å². The number of carbonyl (C=O) groups excluding carboxylic acids is 1. The van der Waals surface area contributed by atoms with Crippen molar-refractivity contribution in [3.05, 3.63) is 23.8 Å². The standard InChI is InChI=1S/C13H19NO3/c1-3-14(4-2)8-7-12(16)11-6-5-10(15)9-13(11)17/h5-6,9,15,17H,3-4,7-8H2,1-2H3. The van der Waals surface area contributed by atoms with Crippen LogP contribution in [0.3, 0.4) is 0 Å². The molecule has 0 radical (unpaired) electrons. The number of benzene rings is 1. The van der Waals surface area contributed by atoms with Gasteiger partial charge in [0.2, 0.25) is 0 Å². The van der Waals surface area contributed by atoms with Crippen molar-refractivity contribution in [1.82, 2.24) is 4.90 Å². The molecule has 0 aromatic heterocycles. The number of hydrogen-bond acceptors (Lipinski definition) is 4. The molecule has 0 atom stereocenters. The number of aromatic hydroxyl groups is 2. The largest absolute Gasteiger partial charge is 0.508 e. The molecule has 0 aliphatic heterocycles. The van der Waals surface area contributed by atoms with Crippen molar-refractivity contribution in [3.8, 4) is 11.5 Å². The molecule has 0 spiro atoms. The summed E-state index contributed by atoms with van der Waals surface area (Å²) >= 11 is 0. The smallest absolute Gasteiger partial charge is 0.167 e. The van der Waals surface area contributed by atoms with Gasteiger partial charge in [0.25, 0.3) is 0 Å². The van der Waals surface area contributed by atoms with Gasteiger partial charge in [-0.25, -0.2) is 0 Å². The van der Waals surface area contributed by atoms with Crippen LogP contribution >= 0.6 is 0 Å². The van der Waals surface area contributed by atoms with Gasteiger partial charge < -0.3 is 15.1 Å². The van der Waals surface area contributed by atoms with Gasteiger partial charge in [-0.15, -0.1) is 0 Å². The van der Waals surface area contributed by atoms with Crippen molar-refractivity contribution in [3.63, 3.8) is 0 Å². The lowest BCUT2D eigenvalue weighted by atomic mass is 10.1. The first-order chi connectivity index (χ1) is 8.08. The Bertz CT molecular complexity index is 386. The quantitative estimate of drug-likeness (QED) is 0.743. The summed E-state index contributed by atoms with van der Waals surface area (Å²) in [6, 6.07) is 4.05. The molecular formula is C13H19NO3. The Hall–Kier alpha value is -1.55. The summed E-state index contributed by atoms with van der Waals surface area (Å²) in [4.78, 5) is 14.0. The van der Waals surface area contributed by atoms with Gasteiger partial charge in [0, 0.05) is 19.0 Å². The predicted octanol–water partition coefficient (Wildman–Crippen LogP) is 2.01. The average Bonchev–Trinajstić information content (AvgIpc) is 2.30. The summed E-state index contributed by atoms with van der Waals surface area (Å²) in [5.41, 5.74) is 0.273. The molecule has 2 N–H and O–H groups in total. The van der Waals surface area contributed by atoms with Crippen LogP contribution in [0.5, 0.6) is 11.5 Å². The summed E-state index contributed by atoms with van der Waals surface area (Å²) in [6.07, 6.45) is 0.375. The first-order valence-corrected chi connectivity index (χ1v) is 5.86. The van der Waals surface area contributed by atoms with Crippen molar-refractivity contribution in [2.45, 2.75) is 20.3 Å². The summed E-state index contributed by atoms with van der Waals surface area (Å²) in [7, 11) is 0. The molecule has 0 heterocycles. The van der Waals surface area contributed by atoms with Crippen LogP contribution in [0, 0.1) is 0 Å². The second-order valence-corrected chi connectivity index (χ2v) is 3.90. The van der Waals surface area contributed by atoms with Crippen LogP contribution < -0.4 is 0 Å². The average molecular weight is 237 g/mol. The molecule has 4 heteroatoms. The SMILES string of the molecule is CCN(CC)CCC(=O)c1ccc(O)cc1O. The van der Waals surface area contributed by atoms with E-state index in [0.717, 1.165) is 13.1 Å². The first-order valence-electron chi connectivity index (χ1n) is 5.86. The van der Waals surface area contributed by atoms with Gasteiger partial charge >= 0.3 is 0 Å². The van der Waals surface area contributed by atoms with Crippen LogP contribution in [0.25, 0.3) is 0 Å². The molecule has 0 amide bonds. The van der Waals surface area contributed by atoms with E-state index in [-0.39, 0.29) is 22.8 Å². The minimum Gasteiger partial charge on any atom is -0.508 e. The highest BCUT2D eigenvalue weighted by Gasteiger charge is 2.12. The summed E-state index contributed by atoms with van der Waals surface area (Å²) < 4.78 is 0. The van der Waals surface area contributed by atoms with Crippen molar-refractivity contribution in [2.75, 3.05) is 19.6 Å². The molecule has 0 unspecified atom stereocenters. The third-order valence-corrected chi connectivity index (χ3v) is 2.83. The number of phenols is 2. The number of rotatable bonds is 6. The Morgan fingerprint density at radius 3 is 2.41 bits per heavy atom. The summed E-state index contributed by atoms with van der Waals surface area (Å²) in [5, 5.41) is 18.7. The zero-order valence-electron chi connectivity index (χ0n) is 10.3. The molecule has 0 saturated carbocycles. The van der Waals surface area contributed by atoms with Gasteiger partial charge in [-0.3, -0.25) is 4.79 Å². The topological polar surface area (TPSA) is 60.8 Å². The van der Waals surface area contributed by atoms with Crippen molar-refractivity contribution in [1.29, 1.82) is 0 Å². The maximum Gasteiger partial charge on any atom is 0.167 e. The number of Topliss-reactive ketones (excluding diaryl/α,β-unsaturated/α-hetero) is 1. The maximum absolute atomic E-state index is 11.8. The Morgan fingerprint density at radius 1 is 1.24 bits per heavy atom. The summed E-state index contributed by atoms with van der Waals surface area (Å²) in [5.74, 6) is -0.299. The Balaban J connectivity index is 2.64. The molecule has 1 rings (SSSR count). The van der Waals surface area contributed by atoms with Crippen LogP contribution in [0.15, 0.2) is 18.2 Å². The van der Waals surface area contributed by atoms with Crippen LogP contribution in [0.1, 0.15) is 30.6 Å². The van der Waals surface area contributed by atoms with E-state index in [9.17, 15) is 9.90 Å². The van der Waals surface area contributed by atoms with E-state index in [1.54, 1.807) is 0 Å². The van der Waals surface area contributed by atoms with Gasteiger partial charge in [-0.05, 0) is 25.2 Å². The molecule has 0 saturated heterocycles. The van der Waals surface area contributed by atoms with E-state index in [1.807, 2.05) is 13.8 Å². The second-order valence-electron chi connectivity index (χ2n) is 3.90. The van der Waals surface area contributed by atoms with Gasteiger partial charge in [0.05, 0.1) is 5.56 Å². The summed E-state index contributed by atoms with van der Waals surface area (Å²) in [6.45, 7) is 6.60. The van der Waals surface area contributed by atoms with Crippen molar-refractivity contribution >= 4 is 5.78 Å². The molecule has 1 aromatic carbocycles. The van der Waals surface area contributed by atoms with Gasteiger partial charge in [-0.2, -0.15) is 0 Å². The number of nitrogens with zero attached hydrogens (tertiary/aromatic N) is 1. The van der Waals surface area contributed by atoms with E-state index in [2.05, 4.69) is 4.90 Å². The molecule has 4 nitrogen and oxygen atoms in total. The van der Waals surface area contributed by atoms with Crippen LogP contribution in [-0.4, -0.2) is 40.5 Å². The van der Waals surface area contributed by atoms with Crippen LogP contribution in [0.4, 0.5) is 0 Å². The van der Waals surface area contributed by atoms with Gasteiger partial charge in [-0.1, -0.05) is 13.8 Å². The van der Waals surface area contributed by atoms with E-state index in [1.165, 1.54) is 18.2 Å². The molecular weight excluding hydrogens is 218 g/mol. The fourth-order valence-electron chi connectivity index (χ4n) is 1.69. The molecule has 94 valence electrons. The predicted molar refractivity (Wildman–Crippen MR) is 66.5 cm³/mol. The second kappa shape index (κ2) is 6.25. The number of phenolic OH excluding ortho intramolecular Hbond substituents is 2. The minimum atomic E-state index is -0.158. The molecule has 1 aromatic rings. The van der Waals surface area contributed by atoms with Crippen LogP contribution in [0.2, 0.25) is 0 Å². The Labute approximate surface area is 101 Å². The normalized spacial score (nSPS) is 10.8. The zero-order valence-corrected chi connectivity index (χ0v) is 10.3. The Morgan fingerprint density at radius 2 is 1.88 bits per heavy atom. The van der Waals surface area contributed by atoms with E-state index >= 15 is 0 Å². The molecule has 17 heavy (non-hydrogen) atoms. The van der Waals surface area contributed by atoms with E-state index in [0.29, 0.717) is 13.0 Å². The highest BCUT2D eigenvalue weighted by Crippen LogP contribution is 2.23. The lowest BCUT2D eigenvalue weighted by molar-refractivity contribution is 0.0964. The number of hydrogen-bond donors (Lipinski definition) is 2. The highest BCUT2D eigenvalue weighted by atomic mass is 16.3. The molecule has 0 aliphatic carbocycles. The lowest BCUT2D eigenvalue weighted by Crippen LogP contribution is -2.25. The number of ketones is 1. The van der Waals surface area contributed by atoms with E-state index in [4.69, 9.17) is 5.11 Å². The zero-order chi connectivity index (χ0) is 12.8. The van der Waals surface area contributed by atoms with E-state index < -0.39 is 0 Å². The third-order valence-electron chi connectivity index (χ3n) is 2.83. The molecule has 0 fully saturated rings. The fourth-order valence-corrected chi connectivity index (χ4v) is 1.69. The highest BCUT2D eigenvalue weighted by molar-refractivity contribution is 5.98. The van der Waals surface area contributed by atoms with Crippen LogP contribution in [-0.2, 0) is 0 Å². The number of carbonyl (C=O) groups is 1. The molecule has 0 aliphatic rings.